The van der Waals surface area contributed by atoms with Gasteiger partial charge in [-0.05, 0) is 53.9 Å². The quantitative estimate of drug-likeness (QED) is 0.0522. The van der Waals surface area contributed by atoms with E-state index in [9.17, 15) is 30.0 Å². The van der Waals surface area contributed by atoms with Crippen LogP contribution in [0.3, 0.4) is 0 Å². The molecule has 4 atom stereocenters. The Kier molecular flexibility index (Phi) is 17.8. The molecule has 2 amide bonds. The molecule has 11 N–H and O–H groups in total. The van der Waals surface area contributed by atoms with Crippen molar-refractivity contribution in [1.82, 2.24) is 26.6 Å². The van der Waals surface area contributed by atoms with Crippen LogP contribution in [0.15, 0.2) is 0 Å². The zero-order valence-electron chi connectivity index (χ0n) is 25.2. The standard InChI is InChI=1S/C27H55N7O6/c1-7-27(5,6)34-25(40)23(38)21(36)20(35)22(37)24(39)32-15-14-30-18(28)12-10-8-9-11-13-19(29)31-16-17-33-26(2,3)4/h20-23,33,35-38H,7-17H2,1-6H3,(H2,28,30)(H2,29,31)(H,32,39)(H,34,40)/t20-,21+,22+,23-/m0/s1. The first-order valence-corrected chi connectivity index (χ1v) is 14.2. The van der Waals surface area contributed by atoms with Crippen LogP contribution in [-0.2, 0) is 9.59 Å². The number of nitrogens with one attached hydrogen (secondary N) is 7. The molecular weight excluding hydrogens is 518 g/mol. The van der Waals surface area contributed by atoms with E-state index in [4.69, 9.17) is 10.8 Å². The summed E-state index contributed by atoms with van der Waals surface area (Å²) >= 11 is 0. The van der Waals surface area contributed by atoms with Crippen molar-refractivity contribution in [3.8, 4) is 0 Å². The summed E-state index contributed by atoms with van der Waals surface area (Å²) < 4.78 is 0. The minimum absolute atomic E-state index is 0.0508. The van der Waals surface area contributed by atoms with Gasteiger partial charge >= 0.3 is 0 Å². The van der Waals surface area contributed by atoms with E-state index >= 15 is 0 Å². The molecule has 234 valence electrons. The van der Waals surface area contributed by atoms with E-state index in [0.29, 0.717) is 30.9 Å². The highest BCUT2D eigenvalue weighted by molar-refractivity contribution is 5.83. The molecule has 0 spiro atoms. The van der Waals surface area contributed by atoms with E-state index in [-0.39, 0.29) is 18.6 Å². The van der Waals surface area contributed by atoms with E-state index < -0.39 is 41.8 Å². The first-order valence-electron chi connectivity index (χ1n) is 14.2. The molecule has 0 saturated heterocycles. The maximum absolute atomic E-state index is 12.1. The Bertz CT molecular complexity index is 788. The van der Waals surface area contributed by atoms with Gasteiger partial charge in [-0.15, -0.1) is 0 Å². The topological polar surface area (TPSA) is 223 Å². The zero-order valence-corrected chi connectivity index (χ0v) is 25.2. The van der Waals surface area contributed by atoms with Gasteiger partial charge < -0.3 is 47.0 Å². The Morgan fingerprint density at radius 1 is 0.675 bits per heavy atom. The third-order valence-electron chi connectivity index (χ3n) is 6.36. The van der Waals surface area contributed by atoms with Gasteiger partial charge in [0, 0.05) is 50.1 Å². The maximum atomic E-state index is 12.1. The number of carbonyl (C=O) groups is 2. The molecule has 0 aliphatic carbocycles. The molecule has 40 heavy (non-hydrogen) atoms. The Labute approximate surface area is 239 Å². The van der Waals surface area contributed by atoms with E-state index in [2.05, 4.69) is 47.4 Å². The predicted octanol–water partition coefficient (Wildman–Crippen LogP) is -0.287. The number of amides is 2. The fourth-order valence-electron chi connectivity index (χ4n) is 3.47. The van der Waals surface area contributed by atoms with Gasteiger partial charge in [-0.25, -0.2) is 0 Å². The Balaban J connectivity index is 4.04. The van der Waals surface area contributed by atoms with Crippen LogP contribution in [0.25, 0.3) is 0 Å². The highest BCUT2D eigenvalue weighted by atomic mass is 16.4. The van der Waals surface area contributed by atoms with Crippen LogP contribution in [0.2, 0.25) is 0 Å². The van der Waals surface area contributed by atoms with Crippen LogP contribution >= 0.6 is 0 Å². The number of aliphatic hydroxyl groups is 4. The SMILES string of the molecule is CCC(C)(C)NC(=O)[C@@H](O)[C@H](O)[C@H](O)[C@@H](O)C(=O)NCCNC(=N)CCCCCCC(=N)NCCNC(C)(C)C. The van der Waals surface area contributed by atoms with Gasteiger partial charge in [0.05, 0.1) is 11.7 Å². The number of rotatable bonds is 20. The van der Waals surface area contributed by atoms with E-state index in [0.717, 1.165) is 38.8 Å². The van der Waals surface area contributed by atoms with Crippen LogP contribution in [0, 0.1) is 10.8 Å². The van der Waals surface area contributed by atoms with Crippen molar-refractivity contribution in [1.29, 1.82) is 10.8 Å². The van der Waals surface area contributed by atoms with Crippen LogP contribution < -0.4 is 26.6 Å². The monoisotopic (exact) mass is 573 g/mol. The Hall–Kier alpha value is -2.32. The second kappa shape index (κ2) is 18.9. The number of hydrogen-bond acceptors (Lipinski definition) is 9. The Morgan fingerprint density at radius 3 is 1.55 bits per heavy atom. The van der Waals surface area contributed by atoms with Gasteiger partial charge in [0.25, 0.3) is 11.8 Å². The van der Waals surface area contributed by atoms with Crippen molar-refractivity contribution in [3.63, 3.8) is 0 Å². The van der Waals surface area contributed by atoms with Crippen LogP contribution in [0.4, 0.5) is 0 Å². The number of amidine groups is 2. The summed E-state index contributed by atoms with van der Waals surface area (Å²) in [6.07, 6.45) is -2.81. The normalized spacial score (nSPS) is 14.9. The lowest BCUT2D eigenvalue weighted by molar-refractivity contribution is -0.156. The summed E-state index contributed by atoms with van der Waals surface area (Å²) in [7, 11) is 0. The summed E-state index contributed by atoms with van der Waals surface area (Å²) in [5.41, 5.74) is -0.582. The molecule has 0 bridgehead atoms. The number of carbonyl (C=O) groups excluding carboxylic acids is 2. The van der Waals surface area contributed by atoms with Crippen molar-refractivity contribution < 1.29 is 30.0 Å². The average molecular weight is 574 g/mol. The average Bonchev–Trinajstić information content (AvgIpc) is 2.88. The number of hydrogen-bond donors (Lipinski definition) is 11. The molecule has 0 aromatic heterocycles. The van der Waals surface area contributed by atoms with Gasteiger partial charge in [0.15, 0.2) is 12.2 Å². The van der Waals surface area contributed by atoms with Gasteiger partial charge in [0.2, 0.25) is 0 Å². The molecule has 0 radical (unpaired) electrons. The van der Waals surface area contributed by atoms with Crippen LogP contribution in [0.5, 0.6) is 0 Å². The van der Waals surface area contributed by atoms with E-state index in [1.54, 1.807) is 13.8 Å². The lowest BCUT2D eigenvalue weighted by atomic mass is 9.98. The summed E-state index contributed by atoms with van der Waals surface area (Å²) in [5.74, 6) is -1.05. The molecule has 0 fully saturated rings. The summed E-state index contributed by atoms with van der Waals surface area (Å²) in [6, 6.07) is 0. The van der Waals surface area contributed by atoms with E-state index in [1.165, 1.54) is 0 Å². The molecule has 0 aliphatic rings. The van der Waals surface area contributed by atoms with Crippen molar-refractivity contribution in [2.24, 2.45) is 0 Å². The molecule has 0 rings (SSSR count). The molecule has 0 saturated carbocycles. The first kappa shape index (κ1) is 37.7. The zero-order chi connectivity index (χ0) is 30.9. The summed E-state index contributed by atoms with van der Waals surface area (Å²) in [4.78, 5) is 24.2. The van der Waals surface area contributed by atoms with Gasteiger partial charge in [-0.2, -0.15) is 0 Å². The highest BCUT2D eigenvalue weighted by Crippen LogP contribution is 2.11. The molecule has 13 heteroatoms. The third kappa shape index (κ3) is 17.4. The molecular formula is C27H55N7O6. The minimum Gasteiger partial charge on any atom is -0.387 e. The van der Waals surface area contributed by atoms with Crippen molar-refractivity contribution >= 4 is 23.5 Å². The fraction of sp³-hybridized carbons (Fsp3) is 0.852. The lowest BCUT2D eigenvalue weighted by Gasteiger charge is -2.29. The number of unbranched alkanes of at least 4 members (excludes halogenated alkanes) is 3. The highest BCUT2D eigenvalue weighted by Gasteiger charge is 2.38. The van der Waals surface area contributed by atoms with Crippen LogP contribution in [-0.4, -0.2) is 106 Å². The molecule has 0 aliphatic heterocycles. The molecule has 0 unspecified atom stereocenters. The third-order valence-corrected chi connectivity index (χ3v) is 6.36. The molecule has 0 heterocycles. The molecule has 13 nitrogen and oxygen atoms in total. The van der Waals surface area contributed by atoms with Crippen molar-refractivity contribution in [3.05, 3.63) is 0 Å². The lowest BCUT2D eigenvalue weighted by Crippen LogP contribution is -2.57. The van der Waals surface area contributed by atoms with E-state index in [1.807, 2.05) is 6.92 Å². The fourth-order valence-corrected chi connectivity index (χ4v) is 3.47. The maximum Gasteiger partial charge on any atom is 0.252 e. The van der Waals surface area contributed by atoms with Crippen molar-refractivity contribution in [2.45, 2.75) is 122 Å². The number of aliphatic hydroxyl groups excluding tert-OH is 4. The van der Waals surface area contributed by atoms with Crippen molar-refractivity contribution in [2.75, 3.05) is 26.2 Å². The second-order valence-electron chi connectivity index (χ2n) is 11.8. The van der Waals surface area contributed by atoms with Crippen LogP contribution in [0.1, 0.15) is 86.5 Å². The summed E-state index contributed by atoms with van der Waals surface area (Å²) in [5, 5.41) is 70.4. The minimum atomic E-state index is -2.08. The van der Waals surface area contributed by atoms with Gasteiger partial charge in [-0.3, -0.25) is 20.4 Å². The summed E-state index contributed by atoms with van der Waals surface area (Å²) in [6.45, 7) is 13.4. The molecule has 0 aromatic carbocycles. The predicted molar refractivity (Wildman–Crippen MR) is 156 cm³/mol. The smallest absolute Gasteiger partial charge is 0.252 e. The van der Waals surface area contributed by atoms with Gasteiger partial charge in [0.1, 0.15) is 12.2 Å². The first-order chi connectivity index (χ1) is 18.5. The Morgan fingerprint density at radius 2 is 1.10 bits per heavy atom. The largest absolute Gasteiger partial charge is 0.387 e. The molecule has 0 aromatic rings. The second-order valence-corrected chi connectivity index (χ2v) is 11.8. The van der Waals surface area contributed by atoms with Gasteiger partial charge in [-0.1, -0.05) is 19.8 Å².